The van der Waals surface area contributed by atoms with Gasteiger partial charge in [-0.3, -0.25) is 9.69 Å². The summed E-state index contributed by atoms with van der Waals surface area (Å²) in [4.78, 5) is 20.1. The number of hydrogen-bond donors (Lipinski definition) is 1. The molecule has 0 aliphatic carbocycles. The van der Waals surface area contributed by atoms with Crippen molar-refractivity contribution in [3.8, 4) is 0 Å². The lowest BCUT2D eigenvalue weighted by atomic mass is 10.0. The van der Waals surface area contributed by atoms with Crippen molar-refractivity contribution < 1.29 is 9.53 Å². The van der Waals surface area contributed by atoms with E-state index in [0.717, 1.165) is 59.4 Å². The van der Waals surface area contributed by atoms with Crippen molar-refractivity contribution in [3.63, 3.8) is 0 Å². The Hall–Kier alpha value is -2.70. The van der Waals surface area contributed by atoms with Crippen molar-refractivity contribution in [2.75, 3.05) is 25.3 Å². The van der Waals surface area contributed by atoms with Crippen LogP contribution in [0.4, 0.5) is 5.69 Å². The maximum atomic E-state index is 13.6. The van der Waals surface area contributed by atoms with Crippen LogP contribution >= 0.6 is 0 Å². The molecule has 0 radical (unpaired) electrons. The molecule has 0 atom stereocenters. The number of rotatable bonds is 10. The molecule has 1 amide bonds. The number of benzene rings is 2. The zero-order valence-corrected chi connectivity index (χ0v) is 18.2. The molecule has 0 saturated heterocycles. The van der Waals surface area contributed by atoms with E-state index in [0.29, 0.717) is 6.54 Å². The predicted molar refractivity (Wildman–Crippen MR) is 122 cm³/mol. The zero-order chi connectivity index (χ0) is 21.5. The molecular weight excluding hydrogens is 376 g/mol. The number of nitrogens with zero attached hydrogens (tertiary/aromatic N) is 3. The van der Waals surface area contributed by atoms with E-state index in [9.17, 15) is 4.79 Å². The molecule has 1 heterocycles. The highest BCUT2D eigenvalue weighted by molar-refractivity contribution is 5.95. The van der Waals surface area contributed by atoms with Crippen molar-refractivity contribution in [1.82, 2.24) is 9.55 Å². The van der Waals surface area contributed by atoms with E-state index in [1.807, 2.05) is 28.8 Å². The molecule has 0 unspecified atom stereocenters. The standard InChI is InChI=1S/C24H32N4O2/c1-4-18-10-8-11-19(5-2)24(18)28(17-30-3)23(29)16-27-21-13-7-6-12-20(21)26-22(27)14-9-15-25/h6-8,10-13H,4-5,9,14-17,25H2,1-3H3. The minimum Gasteiger partial charge on any atom is -0.364 e. The summed E-state index contributed by atoms with van der Waals surface area (Å²) in [6, 6.07) is 14.2. The molecule has 160 valence electrons. The number of nitrogens with two attached hydrogens (primary N) is 1. The van der Waals surface area contributed by atoms with E-state index in [4.69, 9.17) is 15.5 Å². The highest BCUT2D eigenvalue weighted by atomic mass is 16.5. The van der Waals surface area contributed by atoms with E-state index in [1.54, 1.807) is 12.0 Å². The molecule has 2 aromatic carbocycles. The molecule has 1 aromatic heterocycles. The van der Waals surface area contributed by atoms with Gasteiger partial charge in [-0.25, -0.2) is 4.98 Å². The summed E-state index contributed by atoms with van der Waals surface area (Å²) in [5, 5.41) is 0. The first-order valence-corrected chi connectivity index (χ1v) is 10.7. The van der Waals surface area contributed by atoms with E-state index in [2.05, 4.69) is 32.0 Å². The first kappa shape index (κ1) is 22.0. The summed E-state index contributed by atoms with van der Waals surface area (Å²) in [5.41, 5.74) is 10.9. The Labute approximate surface area is 178 Å². The summed E-state index contributed by atoms with van der Waals surface area (Å²) < 4.78 is 7.47. The Morgan fingerprint density at radius 1 is 1.10 bits per heavy atom. The molecule has 3 rings (SSSR count). The number of carbonyl (C=O) groups excluding carboxylic acids is 1. The van der Waals surface area contributed by atoms with Crippen LogP contribution in [0.25, 0.3) is 11.0 Å². The molecule has 30 heavy (non-hydrogen) atoms. The largest absolute Gasteiger partial charge is 0.364 e. The number of anilines is 1. The van der Waals surface area contributed by atoms with Crippen LogP contribution in [0.15, 0.2) is 42.5 Å². The van der Waals surface area contributed by atoms with E-state index in [1.165, 1.54) is 0 Å². The van der Waals surface area contributed by atoms with Gasteiger partial charge in [-0.2, -0.15) is 0 Å². The van der Waals surface area contributed by atoms with Crippen LogP contribution in [-0.2, 0) is 35.3 Å². The second-order valence-corrected chi connectivity index (χ2v) is 7.37. The van der Waals surface area contributed by atoms with Gasteiger partial charge in [0.15, 0.2) is 0 Å². The molecule has 2 N–H and O–H groups in total. The van der Waals surface area contributed by atoms with Crippen molar-refractivity contribution >= 4 is 22.6 Å². The summed E-state index contributed by atoms with van der Waals surface area (Å²) in [5.74, 6) is 0.886. The van der Waals surface area contributed by atoms with Gasteiger partial charge in [0.25, 0.3) is 0 Å². The molecule has 6 nitrogen and oxygen atoms in total. The Morgan fingerprint density at radius 2 is 1.80 bits per heavy atom. The van der Waals surface area contributed by atoms with Crippen molar-refractivity contribution in [2.24, 2.45) is 5.73 Å². The number of para-hydroxylation sites is 3. The quantitative estimate of drug-likeness (QED) is 0.519. The molecule has 0 bridgehead atoms. The second-order valence-electron chi connectivity index (χ2n) is 7.37. The van der Waals surface area contributed by atoms with Crippen LogP contribution in [0.1, 0.15) is 37.2 Å². The smallest absolute Gasteiger partial charge is 0.248 e. The average molecular weight is 409 g/mol. The fourth-order valence-electron chi connectivity index (χ4n) is 3.93. The normalized spacial score (nSPS) is 11.2. The zero-order valence-electron chi connectivity index (χ0n) is 18.2. The summed E-state index contributed by atoms with van der Waals surface area (Å²) in [6.45, 7) is 5.25. The minimum absolute atomic E-state index is 0.00963. The van der Waals surface area contributed by atoms with Gasteiger partial charge >= 0.3 is 0 Å². The number of aromatic nitrogens is 2. The number of hydrogen-bond acceptors (Lipinski definition) is 4. The summed E-state index contributed by atoms with van der Waals surface area (Å²) >= 11 is 0. The molecule has 6 heteroatoms. The van der Waals surface area contributed by atoms with Gasteiger partial charge in [0.05, 0.1) is 16.7 Å². The van der Waals surface area contributed by atoms with Gasteiger partial charge in [0.1, 0.15) is 19.1 Å². The molecule has 0 aliphatic rings. The molecule has 0 spiro atoms. The van der Waals surface area contributed by atoms with Gasteiger partial charge in [0.2, 0.25) is 5.91 Å². The topological polar surface area (TPSA) is 73.4 Å². The lowest BCUT2D eigenvalue weighted by Gasteiger charge is -2.27. The molecule has 0 aliphatic heterocycles. The first-order valence-electron chi connectivity index (χ1n) is 10.7. The number of aryl methyl sites for hydroxylation is 3. The number of ether oxygens (including phenoxy) is 1. The number of amides is 1. The Bertz CT molecular complexity index is 974. The van der Waals surface area contributed by atoms with Crippen molar-refractivity contribution in [3.05, 3.63) is 59.4 Å². The fourth-order valence-corrected chi connectivity index (χ4v) is 3.93. The molecule has 3 aromatic rings. The SMILES string of the molecule is CCc1cccc(CC)c1N(COC)C(=O)Cn1c(CCCN)nc2ccccc21. The van der Waals surface area contributed by atoms with Gasteiger partial charge < -0.3 is 15.0 Å². The van der Waals surface area contributed by atoms with Crippen LogP contribution < -0.4 is 10.6 Å². The van der Waals surface area contributed by atoms with Crippen LogP contribution in [0.5, 0.6) is 0 Å². The minimum atomic E-state index is -0.00963. The van der Waals surface area contributed by atoms with E-state index in [-0.39, 0.29) is 19.2 Å². The summed E-state index contributed by atoms with van der Waals surface area (Å²) in [7, 11) is 1.62. The number of imidazole rings is 1. The fraction of sp³-hybridized carbons (Fsp3) is 0.417. The third-order valence-corrected chi connectivity index (χ3v) is 5.43. The highest BCUT2D eigenvalue weighted by Gasteiger charge is 2.23. The van der Waals surface area contributed by atoms with Gasteiger partial charge in [-0.1, -0.05) is 44.2 Å². The maximum absolute atomic E-state index is 13.6. The number of carbonyl (C=O) groups is 1. The van der Waals surface area contributed by atoms with Crippen molar-refractivity contribution in [2.45, 2.75) is 46.1 Å². The van der Waals surface area contributed by atoms with Crippen LogP contribution in [0, 0.1) is 0 Å². The van der Waals surface area contributed by atoms with Crippen LogP contribution in [0.2, 0.25) is 0 Å². The lowest BCUT2D eigenvalue weighted by Crippen LogP contribution is -2.37. The van der Waals surface area contributed by atoms with Crippen LogP contribution in [0.3, 0.4) is 0 Å². The number of methoxy groups -OCH3 is 1. The molecule has 0 fully saturated rings. The molecular formula is C24H32N4O2. The molecule has 0 saturated carbocycles. The van der Waals surface area contributed by atoms with E-state index >= 15 is 0 Å². The Balaban J connectivity index is 2.01. The lowest BCUT2D eigenvalue weighted by molar-refractivity contribution is -0.120. The van der Waals surface area contributed by atoms with Gasteiger partial charge in [-0.15, -0.1) is 0 Å². The summed E-state index contributed by atoms with van der Waals surface area (Å²) in [6.07, 6.45) is 3.28. The highest BCUT2D eigenvalue weighted by Crippen LogP contribution is 2.28. The predicted octanol–water partition coefficient (Wildman–Crippen LogP) is 3.69. The second kappa shape index (κ2) is 10.4. The van der Waals surface area contributed by atoms with Gasteiger partial charge in [0, 0.05) is 13.5 Å². The number of fused-ring (bicyclic) bond motifs is 1. The van der Waals surface area contributed by atoms with Crippen molar-refractivity contribution in [1.29, 1.82) is 0 Å². The maximum Gasteiger partial charge on any atom is 0.248 e. The first-order chi connectivity index (χ1) is 14.6. The Morgan fingerprint density at radius 3 is 2.43 bits per heavy atom. The van der Waals surface area contributed by atoms with Crippen LogP contribution in [-0.4, -0.2) is 35.8 Å². The monoisotopic (exact) mass is 408 g/mol. The average Bonchev–Trinajstić information content (AvgIpc) is 3.12. The van der Waals surface area contributed by atoms with Gasteiger partial charge in [-0.05, 0) is 49.1 Å². The third kappa shape index (κ3) is 4.55. The third-order valence-electron chi connectivity index (χ3n) is 5.43. The van der Waals surface area contributed by atoms with E-state index < -0.39 is 0 Å². The Kier molecular flexibility index (Phi) is 7.60.